The van der Waals surface area contributed by atoms with Crippen molar-refractivity contribution in [2.75, 3.05) is 25.8 Å². The molecule has 0 saturated carbocycles. The first-order chi connectivity index (χ1) is 12.1. The van der Waals surface area contributed by atoms with Crippen molar-refractivity contribution in [2.45, 2.75) is 13.2 Å². The summed E-state index contributed by atoms with van der Waals surface area (Å²) >= 11 is 6.90. The lowest BCUT2D eigenvalue weighted by atomic mass is 10.3. The second-order valence-corrected chi connectivity index (χ2v) is 6.45. The second-order valence-electron chi connectivity index (χ2n) is 5.30. The minimum Gasteiger partial charge on any atom is -0.622 e. The highest BCUT2D eigenvalue weighted by Gasteiger charge is 2.46. The van der Waals surface area contributed by atoms with Crippen molar-refractivity contribution >= 4 is 34.0 Å². The van der Waals surface area contributed by atoms with Gasteiger partial charge in [0.05, 0.1) is 24.7 Å². The van der Waals surface area contributed by atoms with Gasteiger partial charge >= 0.3 is 11.1 Å². The lowest BCUT2D eigenvalue weighted by Gasteiger charge is -2.38. The molecule has 0 bridgehead atoms. The van der Waals surface area contributed by atoms with Crippen molar-refractivity contribution in [3.8, 4) is 5.19 Å². The highest BCUT2D eigenvalue weighted by molar-refractivity contribution is 7.16. The molecule has 0 amide bonds. The molecule has 2 unspecified atom stereocenters. The summed E-state index contributed by atoms with van der Waals surface area (Å²) < 4.78 is 9.75. The Hall–Kier alpha value is -1.85. The Bertz CT molecular complexity index is 733. The van der Waals surface area contributed by atoms with Crippen LogP contribution in [0.5, 0.6) is 5.19 Å². The van der Waals surface area contributed by atoms with Crippen molar-refractivity contribution in [3.63, 3.8) is 0 Å². The lowest BCUT2D eigenvalue weighted by molar-refractivity contribution is 0.00552. The third kappa shape index (κ3) is 3.72. The van der Waals surface area contributed by atoms with Gasteiger partial charge in [0, 0.05) is 23.7 Å². The quantitative estimate of drug-likeness (QED) is 0.244. The number of aromatic nitrogens is 3. The van der Waals surface area contributed by atoms with Crippen LogP contribution in [-0.2, 0) is 4.74 Å². The van der Waals surface area contributed by atoms with Crippen LogP contribution in [0.1, 0.15) is 17.3 Å². The Kier molecular flexibility index (Phi) is 5.45. The molecule has 9 nitrogen and oxygen atoms in total. The number of alkyl halides is 1. The van der Waals surface area contributed by atoms with Crippen molar-refractivity contribution in [2.24, 2.45) is 0 Å². The van der Waals surface area contributed by atoms with E-state index in [0.717, 1.165) is 11.3 Å². The van der Waals surface area contributed by atoms with E-state index in [4.69, 9.17) is 21.1 Å². The van der Waals surface area contributed by atoms with E-state index >= 15 is 0 Å². The van der Waals surface area contributed by atoms with Crippen LogP contribution in [0.15, 0.2) is 24.5 Å². The van der Waals surface area contributed by atoms with Crippen LogP contribution in [0, 0.1) is 5.21 Å². The molecule has 1 fully saturated rings. The fraction of sp³-hybridized carbons (Fsp3) is 0.429. The normalized spacial score (nSPS) is 23.6. The van der Waals surface area contributed by atoms with E-state index in [1.54, 1.807) is 23.2 Å². The average molecular weight is 386 g/mol. The summed E-state index contributed by atoms with van der Waals surface area (Å²) in [6.45, 7) is 2.44. The van der Waals surface area contributed by atoms with Crippen LogP contribution in [-0.4, -0.2) is 58.1 Å². The van der Waals surface area contributed by atoms with Crippen LogP contribution in [0.25, 0.3) is 0 Å². The van der Waals surface area contributed by atoms with E-state index in [1.807, 2.05) is 6.92 Å². The van der Waals surface area contributed by atoms with Gasteiger partial charge in [-0.25, -0.2) is 9.69 Å². The summed E-state index contributed by atoms with van der Waals surface area (Å²) in [5.74, 6) is -0.623. The molecular weight excluding hydrogens is 370 g/mol. The molecule has 3 rings (SSSR count). The Morgan fingerprint density at radius 1 is 1.56 bits per heavy atom. The standard InChI is InChI=1S/C14H16ClN5O4S/c1-2-23-14-18-17-13(25-14)20(22)9-19(8-15)7-11(20)24-12(21)10-4-3-5-16-6-10/h3-6,11H,2,7-9H2,1H3. The fourth-order valence-corrected chi connectivity index (χ4v) is 3.40. The summed E-state index contributed by atoms with van der Waals surface area (Å²) in [5.41, 5.74) is 0.269. The predicted molar refractivity (Wildman–Crippen MR) is 92.0 cm³/mol. The van der Waals surface area contributed by atoms with Crippen molar-refractivity contribution in [1.29, 1.82) is 0 Å². The number of hydrogen-bond donors (Lipinski definition) is 0. The molecule has 1 aliphatic rings. The molecule has 1 saturated heterocycles. The summed E-state index contributed by atoms with van der Waals surface area (Å²) in [7, 11) is 0. The maximum Gasteiger partial charge on any atom is 0.344 e. The van der Waals surface area contributed by atoms with Gasteiger partial charge in [-0.1, -0.05) is 10.2 Å². The Balaban J connectivity index is 1.83. The zero-order chi connectivity index (χ0) is 17.9. The maximum atomic E-state index is 13.4. The van der Waals surface area contributed by atoms with Gasteiger partial charge in [0.25, 0.3) is 11.4 Å². The first kappa shape index (κ1) is 18.0. The van der Waals surface area contributed by atoms with Gasteiger partial charge in [0.1, 0.15) is 6.67 Å². The summed E-state index contributed by atoms with van der Waals surface area (Å²) in [4.78, 5) is 17.9. The fourth-order valence-electron chi connectivity index (χ4n) is 2.40. The van der Waals surface area contributed by atoms with E-state index < -0.39 is 16.8 Å². The van der Waals surface area contributed by atoms with E-state index in [9.17, 15) is 10.0 Å². The van der Waals surface area contributed by atoms with Gasteiger partial charge in [-0.3, -0.25) is 9.63 Å². The third-order valence-electron chi connectivity index (χ3n) is 3.59. The van der Waals surface area contributed by atoms with Crippen molar-refractivity contribution in [3.05, 3.63) is 35.3 Å². The molecule has 0 spiro atoms. The Morgan fingerprint density at radius 3 is 3.08 bits per heavy atom. The number of hydrogen-bond acceptors (Lipinski definition) is 9. The van der Waals surface area contributed by atoms with Gasteiger partial charge in [-0.15, -0.1) is 11.6 Å². The van der Waals surface area contributed by atoms with E-state index in [1.165, 1.54) is 6.20 Å². The van der Waals surface area contributed by atoms with Crippen LogP contribution >= 0.6 is 22.9 Å². The molecular formula is C14H16ClN5O4S. The number of ether oxygens (including phenoxy) is 2. The van der Waals surface area contributed by atoms with Gasteiger partial charge in [0.15, 0.2) is 0 Å². The number of rotatable bonds is 6. The van der Waals surface area contributed by atoms with Gasteiger partial charge in [0.2, 0.25) is 0 Å². The molecule has 2 aromatic heterocycles. The predicted octanol–water partition coefficient (Wildman–Crippen LogP) is 1.79. The SMILES string of the molecule is CCOc1nnc([N+]2([O-])CN(CCl)CC2OC(=O)c2cccnc2)s1. The average Bonchev–Trinajstić information content (AvgIpc) is 3.22. The van der Waals surface area contributed by atoms with Gasteiger partial charge < -0.3 is 14.7 Å². The molecule has 134 valence electrons. The van der Waals surface area contributed by atoms with E-state index in [-0.39, 0.29) is 29.9 Å². The first-order valence-electron chi connectivity index (χ1n) is 7.51. The summed E-state index contributed by atoms with van der Waals surface area (Å²) in [5, 5.41) is 21.6. The molecule has 0 radical (unpaired) electrons. The van der Waals surface area contributed by atoms with Crippen molar-refractivity contribution < 1.29 is 14.3 Å². The van der Waals surface area contributed by atoms with E-state index in [2.05, 4.69) is 15.2 Å². The number of nitrogens with zero attached hydrogens (tertiary/aromatic N) is 5. The number of quaternary nitrogens is 1. The molecule has 0 N–H and O–H groups in total. The largest absolute Gasteiger partial charge is 0.622 e. The smallest absolute Gasteiger partial charge is 0.344 e. The molecule has 2 atom stereocenters. The highest BCUT2D eigenvalue weighted by atomic mass is 35.5. The molecule has 0 aromatic carbocycles. The number of pyridine rings is 1. The van der Waals surface area contributed by atoms with Gasteiger partial charge in [-0.2, -0.15) is 0 Å². The zero-order valence-electron chi connectivity index (χ0n) is 13.4. The molecule has 1 aliphatic heterocycles. The summed E-state index contributed by atoms with van der Waals surface area (Å²) in [6.07, 6.45) is 1.93. The number of halogens is 1. The maximum absolute atomic E-state index is 13.4. The highest BCUT2D eigenvalue weighted by Crippen LogP contribution is 2.36. The lowest BCUT2D eigenvalue weighted by Crippen LogP contribution is -2.50. The molecule has 3 heterocycles. The minimum atomic E-state index is -1.01. The number of esters is 1. The van der Waals surface area contributed by atoms with Crippen LogP contribution in [0.3, 0.4) is 0 Å². The zero-order valence-corrected chi connectivity index (χ0v) is 14.9. The number of carbonyl (C=O) groups excluding carboxylic acids is 1. The monoisotopic (exact) mass is 385 g/mol. The molecule has 25 heavy (non-hydrogen) atoms. The minimum absolute atomic E-state index is 0.00917. The second kappa shape index (κ2) is 7.58. The molecule has 11 heteroatoms. The van der Waals surface area contributed by atoms with Crippen LogP contribution < -0.4 is 9.38 Å². The van der Waals surface area contributed by atoms with Crippen LogP contribution in [0.4, 0.5) is 5.13 Å². The topological polar surface area (TPSA) is 101 Å². The van der Waals surface area contributed by atoms with Crippen molar-refractivity contribution in [1.82, 2.24) is 24.7 Å². The van der Waals surface area contributed by atoms with Gasteiger partial charge in [-0.05, 0) is 19.1 Å². The third-order valence-corrected chi connectivity index (χ3v) is 4.87. The Morgan fingerprint density at radius 2 is 2.40 bits per heavy atom. The number of carbonyl (C=O) groups is 1. The molecule has 0 aliphatic carbocycles. The first-order valence-corrected chi connectivity index (χ1v) is 8.87. The summed E-state index contributed by atoms with van der Waals surface area (Å²) in [6, 6.07) is 3.33. The van der Waals surface area contributed by atoms with E-state index in [0.29, 0.717) is 11.8 Å². The Labute approximate surface area is 152 Å². The number of hydroxylamine groups is 2. The van der Waals surface area contributed by atoms with Crippen LogP contribution in [0.2, 0.25) is 0 Å². The molecule has 2 aromatic rings.